The number of ketones is 1. The second-order valence-electron chi connectivity index (χ2n) is 2.80. The average Bonchev–Trinajstić information content (AvgIpc) is 2.16. The van der Waals surface area contributed by atoms with Crippen molar-refractivity contribution in [2.24, 2.45) is 0 Å². The molecule has 0 saturated carbocycles. The number of hydrogen-bond donors (Lipinski definition) is 1. The van der Waals surface area contributed by atoms with Crippen LogP contribution in [0.5, 0.6) is 0 Å². The third kappa shape index (κ3) is 2.07. The molecule has 1 heterocycles. The molecule has 1 amide bonds. The minimum Gasteiger partial charge on any atom is -0.465 e. The Bertz CT molecular complexity index is 376. The second kappa shape index (κ2) is 3.87. The summed E-state index contributed by atoms with van der Waals surface area (Å²) in [6, 6.07) is 2.98. The highest BCUT2D eigenvalue weighted by Gasteiger charge is 2.10. The molecule has 1 aromatic rings. The largest absolute Gasteiger partial charge is 0.465 e. The molecular weight excluding hydrogens is 184 g/mol. The fourth-order valence-corrected chi connectivity index (χ4v) is 0.919. The molecule has 1 N–H and O–H groups in total. The third-order valence-electron chi connectivity index (χ3n) is 1.78. The normalized spacial score (nSPS) is 9.57. The third-order valence-corrected chi connectivity index (χ3v) is 1.78. The number of amides is 1. The summed E-state index contributed by atoms with van der Waals surface area (Å²) in [6.45, 7) is 1.42. The minimum absolute atomic E-state index is 0.118. The molecule has 14 heavy (non-hydrogen) atoms. The van der Waals surface area contributed by atoms with Gasteiger partial charge in [0.15, 0.2) is 5.78 Å². The van der Waals surface area contributed by atoms with Crippen LogP contribution >= 0.6 is 0 Å². The van der Waals surface area contributed by atoms with Crippen LogP contribution in [0, 0.1) is 0 Å². The van der Waals surface area contributed by atoms with Crippen molar-refractivity contribution in [1.29, 1.82) is 0 Å². The van der Waals surface area contributed by atoms with Gasteiger partial charge in [0.25, 0.3) is 0 Å². The molecule has 0 saturated heterocycles. The Labute approximate surface area is 81.0 Å². The van der Waals surface area contributed by atoms with E-state index in [9.17, 15) is 9.59 Å². The Kier molecular flexibility index (Phi) is 2.81. The van der Waals surface area contributed by atoms with Crippen LogP contribution in [0.15, 0.2) is 18.3 Å². The summed E-state index contributed by atoms with van der Waals surface area (Å²) in [5.41, 5.74) is 0.447. The zero-order chi connectivity index (χ0) is 10.7. The fourth-order valence-electron chi connectivity index (χ4n) is 0.919. The van der Waals surface area contributed by atoms with Crippen molar-refractivity contribution < 1.29 is 14.7 Å². The number of carbonyl (C=O) groups excluding carboxylic acids is 1. The maximum atomic E-state index is 11.0. The molecule has 0 aromatic carbocycles. The first-order valence-electron chi connectivity index (χ1n) is 3.96. The number of Topliss-reactive ketones (excluding diaryl/α,β-unsaturated/α-hetero) is 1. The first kappa shape index (κ1) is 10.2. The lowest BCUT2D eigenvalue weighted by molar-refractivity contribution is 0.101. The van der Waals surface area contributed by atoms with E-state index in [1.807, 2.05) is 0 Å². The summed E-state index contributed by atoms with van der Waals surface area (Å²) in [7, 11) is 1.37. The summed E-state index contributed by atoms with van der Waals surface area (Å²) in [4.78, 5) is 26.4. The summed E-state index contributed by atoms with van der Waals surface area (Å²) in [5, 5.41) is 8.67. The van der Waals surface area contributed by atoms with Crippen molar-refractivity contribution in [3.05, 3.63) is 23.9 Å². The van der Waals surface area contributed by atoms with E-state index >= 15 is 0 Å². The molecule has 0 atom stereocenters. The van der Waals surface area contributed by atoms with Gasteiger partial charge in [-0.3, -0.25) is 9.69 Å². The van der Waals surface area contributed by atoms with Crippen molar-refractivity contribution in [1.82, 2.24) is 4.98 Å². The predicted octanol–water partition coefficient (Wildman–Crippen LogP) is 1.40. The lowest BCUT2D eigenvalue weighted by Crippen LogP contribution is -2.24. The van der Waals surface area contributed by atoms with Crippen LogP contribution in [0.4, 0.5) is 10.6 Å². The van der Waals surface area contributed by atoms with Gasteiger partial charge in [-0.05, 0) is 19.1 Å². The summed E-state index contributed by atoms with van der Waals surface area (Å²) in [6.07, 6.45) is 0.295. The molecule has 0 spiro atoms. The van der Waals surface area contributed by atoms with Crippen LogP contribution in [0.3, 0.4) is 0 Å². The van der Waals surface area contributed by atoms with Crippen molar-refractivity contribution in [3.63, 3.8) is 0 Å². The van der Waals surface area contributed by atoms with Gasteiger partial charge in [-0.2, -0.15) is 0 Å². The number of carbonyl (C=O) groups is 2. The van der Waals surface area contributed by atoms with Crippen molar-refractivity contribution in [2.75, 3.05) is 11.9 Å². The lowest BCUT2D eigenvalue weighted by atomic mass is 10.2. The fraction of sp³-hybridized carbons (Fsp3) is 0.222. The van der Waals surface area contributed by atoms with Gasteiger partial charge >= 0.3 is 6.09 Å². The van der Waals surface area contributed by atoms with E-state index in [4.69, 9.17) is 5.11 Å². The van der Waals surface area contributed by atoms with Gasteiger partial charge in [-0.15, -0.1) is 0 Å². The lowest BCUT2D eigenvalue weighted by Gasteiger charge is -2.11. The highest BCUT2D eigenvalue weighted by atomic mass is 16.4. The van der Waals surface area contributed by atoms with Gasteiger partial charge in [0.05, 0.1) is 0 Å². The molecule has 0 unspecified atom stereocenters. The van der Waals surface area contributed by atoms with Gasteiger partial charge in [0.1, 0.15) is 5.82 Å². The topological polar surface area (TPSA) is 70.5 Å². The van der Waals surface area contributed by atoms with Crippen LogP contribution < -0.4 is 4.90 Å². The van der Waals surface area contributed by atoms with E-state index in [0.717, 1.165) is 4.90 Å². The van der Waals surface area contributed by atoms with Gasteiger partial charge in [0, 0.05) is 18.8 Å². The summed E-state index contributed by atoms with van der Waals surface area (Å²) < 4.78 is 0. The van der Waals surface area contributed by atoms with Crippen LogP contribution in [0.2, 0.25) is 0 Å². The molecule has 74 valence electrons. The molecule has 0 radical (unpaired) electrons. The van der Waals surface area contributed by atoms with Gasteiger partial charge in [-0.25, -0.2) is 9.78 Å². The summed E-state index contributed by atoms with van der Waals surface area (Å²) in [5.74, 6) is 0.123. The maximum Gasteiger partial charge on any atom is 0.412 e. The number of pyridine rings is 1. The molecule has 0 aliphatic heterocycles. The molecule has 0 aliphatic rings. The van der Waals surface area contributed by atoms with Crippen molar-refractivity contribution in [3.8, 4) is 0 Å². The molecule has 5 nitrogen and oxygen atoms in total. The Morgan fingerprint density at radius 2 is 2.14 bits per heavy atom. The Hall–Kier alpha value is -1.91. The van der Waals surface area contributed by atoms with Crippen LogP contribution in [-0.4, -0.2) is 29.0 Å². The van der Waals surface area contributed by atoms with Gasteiger partial charge in [-0.1, -0.05) is 0 Å². The molecule has 0 aliphatic carbocycles. The maximum absolute atomic E-state index is 11.0. The van der Waals surface area contributed by atoms with E-state index in [1.54, 1.807) is 6.07 Å². The molecule has 0 fully saturated rings. The highest BCUT2D eigenvalue weighted by Crippen LogP contribution is 2.11. The van der Waals surface area contributed by atoms with Crippen LogP contribution in [0.25, 0.3) is 0 Å². The van der Waals surface area contributed by atoms with E-state index in [1.165, 1.54) is 26.2 Å². The quantitative estimate of drug-likeness (QED) is 0.722. The van der Waals surface area contributed by atoms with E-state index < -0.39 is 6.09 Å². The monoisotopic (exact) mass is 194 g/mol. The highest BCUT2D eigenvalue weighted by molar-refractivity contribution is 5.95. The van der Waals surface area contributed by atoms with E-state index in [-0.39, 0.29) is 11.6 Å². The van der Waals surface area contributed by atoms with Crippen LogP contribution in [0.1, 0.15) is 17.3 Å². The first-order chi connectivity index (χ1) is 6.52. The zero-order valence-corrected chi connectivity index (χ0v) is 7.89. The molecule has 1 aromatic heterocycles. The van der Waals surface area contributed by atoms with Crippen LogP contribution in [-0.2, 0) is 0 Å². The van der Waals surface area contributed by atoms with Crippen molar-refractivity contribution in [2.45, 2.75) is 6.92 Å². The second-order valence-corrected chi connectivity index (χ2v) is 2.80. The Morgan fingerprint density at radius 3 is 2.64 bits per heavy atom. The summed E-state index contributed by atoms with van der Waals surface area (Å²) >= 11 is 0. The molecule has 0 bridgehead atoms. The SMILES string of the molecule is CC(=O)c1ccnc(N(C)C(=O)O)c1. The minimum atomic E-state index is -1.11. The van der Waals surface area contributed by atoms with E-state index in [0.29, 0.717) is 5.56 Å². The predicted molar refractivity (Wildman–Crippen MR) is 50.7 cm³/mol. The zero-order valence-electron chi connectivity index (χ0n) is 7.89. The smallest absolute Gasteiger partial charge is 0.412 e. The number of carboxylic acid groups (broad SMARTS) is 1. The number of hydrogen-bond acceptors (Lipinski definition) is 3. The van der Waals surface area contributed by atoms with Crippen molar-refractivity contribution >= 4 is 17.7 Å². The Morgan fingerprint density at radius 1 is 1.50 bits per heavy atom. The average molecular weight is 194 g/mol. The Balaban J connectivity index is 3.05. The first-order valence-corrected chi connectivity index (χ1v) is 3.96. The molecule has 1 rings (SSSR count). The molecule has 5 heteroatoms. The molecular formula is C9H10N2O3. The standard InChI is InChI=1S/C9H10N2O3/c1-6(12)7-3-4-10-8(5-7)11(2)9(13)14/h3-5H,1-2H3,(H,13,14). The number of anilines is 1. The number of rotatable bonds is 2. The van der Waals surface area contributed by atoms with Gasteiger partial charge < -0.3 is 5.11 Å². The number of nitrogens with zero attached hydrogens (tertiary/aromatic N) is 2. The van der Waals surface area contributed by atoms with Gasteiger partial charge in [0.2, 0.25) is 0 Å². The number of aromatic nitrogens is 1. The van der Waals surface area contributed by atoms with E-state index in [2.05, 4.69) is 4.98 Å².